The Hall–Kier alpha value is -1.22. The predicted molar refractivity (Wildman–Crippen MR) is 84.2 cm³/mol. The summed E-state index contributed by atoms with van der Waals surface area (Å²) >= 11 is 5.66. The molecule has 1 aliphatic carbocycles. The number of nitrogens with zero attached hydrogens (tertiary/aromatic N) is 1. The van der Waals surface area contributed by atoms with E-state index >= 15 is 0 Å². The minimum Gasteiger partial charge on any atom is -0.494 e. The summed E-state index contributed by atoms with van der Waals surface area (Å²) in [5.74, 6) is 1.82. The number of rotatable bonds is 5. The molecule has 0 N–H and O–H groups in total. The molecule has 1 unspecified atom stereocenters. The minimum atomic E-state index is 0.0506. The summed E-state index contributed by atoms with van der Waals surface area (Å²) in [5, 5.41) is 0. The maximum atomic E-state index is 12.6. The number of hydrogen-bond acceptors (Lipinski definition) is 2. The fraction of sp³-hybridized carbons (Fsp3) is 0.588. The zero-order valence-electron chi connectivity index (χ0n) is 12.3. The highest BCUT2D eigenvalue weighted by atomic mass is 35.5. The minimum absolute atomic E-state index is 0.0506. The van der Waals surface area contributed by atoms with Crippen LogP contribution in [0.5, 0.6) is 5.75 Å². The molecular weight excluding hydrogens is 286 g/mol. The molecule has 1 aromatic carbocycles. The number of fused-ring (bicyclic) bond motifs is 1. The molecule has 0 spiro atoms. The number of ether oxygens (including phenoxy) is 1. The van der Waals surface area contributed by atoms with Crippen LogP contribution in [-0.4, -0.2) is 36.4 Å². The average molecular weight is 308 g/mol. The zero-order valence-corrected chi connectivity index (χ0v) is 13.1. The predicted octanol–water partition coefficient (Wildman–Crippen LogP) is 3.35. The molecule has 3 rings (SSSR count). The van der Waals surface area contributed by atoms with Crippen LogP contribution in [0, 0.1) is 0 Å². The van der Waals surface area contributed by atoms with Gasteiger partial charge in [0.15, 0.2) is 0 Å². The smallest absolute Gasteiger partial charge is 0.230 e. The second-order valence-corrected chi connectivity index (χ2v) is 6.27. The van der Waals surface area contributed by atoms with Crippen LogP contribution in [0.2, 0.25) is 0 Å². The molecule has 114 valence electrons. The number of benzene rings is 1. The lowest BCUT2D eigenvalue weighted by Crippen LogP contribution is -2.42. The van der Waals surface area contributed by atoms with E-state index in [1.807, 2.05) is 17.0 Å². The third-order valence-electron chi connectivity index (χ3n) is 4.43. The van der Waals surface area contributed by atoms with E-state index in [1.165, 1.54) is 12.0 Å². The molecule has 0 radical (unpaired) electrons. The summed E-state index contributed by atoms with van der Waals surface area (Å²) in [5.41, 5.74) is 2.45. The Morgan fingerprint density at radius 2 is 2.10 bits per heavy atom. The van der Waals surface area contributed by atoms with E-state index in [4.69, 9.17) is 16.3 Å². The van der Waals surface area contributed by atoms with E-state index in [1.54, 1.807) is 0 Å². The Morgan fingerprint density at radius 3 is 2.86 bits per heavy atom. The normalized spacial score (nSPS) is 20.6. The van der Waals surface area contributed by atoms with E-state index in [0.717, 1.165) is 50.1 Å². The fourth-order valence-electron chi connectivity index (χ4n) is 3.17. The molecule has 1 heterocycles. The van der Waals surface area contributed by atoms with Crippen LogP contribution < -0.4 is 4.74 Å². The summed E-state index contributed by atoms with van der Waals surface area (Å²) in [4.78, 5) is 14.6. The van der Waals surface area contributed by atoms with Gasteiger partial charge in [-0.1, -0.05) is 6.07 Å². The van der Waals surface area contributed by atoms with Crippen molar-refractivity contribution >= 4 is 17.5 Å². The molecule has 1 atom stereocenters. The number of alkyl halides is 1. The van der Waals surface area contributed by atoms with Crippen molar-refractivity contribution in [2.45, 2.75) is 38.0 Å². The number of carbonyl (C=O) groups is 1. The van der Waals surface area contributed by atoms with Gasteiger partial charge in [0, 0.05) is 19.0 Å². The lowest BCUT2D eigenvalue weighted by atomic mass is 9.76. The molecule has 0 bridgehead atoms. The first kappa shape index (κ1) is 14.7. The first-order valence-electron chi connectivity index (χ1n) is 7.90. The number of hydrogen-bond donors (Lipinski definition) is 0. The van der Waals surface area contributed by atoms with Gasteiger partial charge in [-0.15, -0.1) is 11.6 Å². The van der Waals surface area contributed by atoms with E-state index in [9.17, 15) is 4.79 Å². The van der Waals surface area contributed by atoms with Gasteiger partial charge < -0.3 is 9.64 Å². The lowest BCUT2D eigenvalue weighted by Gasteiger charge is -2.36. The number of piperidine rings is 1. The highest BCUT2D eigenvalue weighted by molar-refractivity contribution is 6.17. The number of amides is 1. The molecule has 21 heavy (non-hydrogen) atoms. The van der Waals surface area contributed by atoms with E-state index in [0.29, 0.717) is 18.4 Å². The molecule has 2 aliphatic rings. The van der Waals surface area contributed by atoms with Crippen molar-refractivity contribution in [3.05, 3.63) is 29.3 Å². The third-order valence-corrected chi connectivity index (χ3v) is 4.70. The van der Waals surface area contributed by atoms with Crippen molar-refractivity contribution in [1.82, 2.24) is 4.90 Å². The van der Waals surface area contributed by atoms with Gasteiger partial charge in [0.1, 0.15) is 5.75 Å². The molecule has 4 heteroatoms. The van der Waals surface area contributed by atoms with Gasteiger partial charge in [0.05, 0.1) is 12.5 Å². The Kier molecular flexibility index (Phi) is 4.69. The summed E-state index contributed by atoms with van der Waals surface area (Å²) in [6.07, 6.45) is 5.27. The molecule has 1 saturated heterocycles. The van der Waals surface area contributed by atoms with Gasteiger partial charge in [-0.3, -0.25) is 4.79 Å². The quantitative estimate of drug-likeness (QED) is 0.617. The lowest BCUT2D eigenvalue weighted by molar-refractivity contribution is -0.134. The number of halogens is 1. The third kappa shape index (κ3) is 3.18. The Bertz CT molecular complexity index is 512. The monoisotopic (exact) mass is 307 g/mol. The van der Waals surface area contributed by atoms with Crippen LogP contribution >= 0.6 is 11.6 Å². The standard InChI is InChI=1S/C17H22ClNO2/c18-7-4-10-21-14-6-5-13-11-16(15(13)12-14)17(20)19-8-2-1-3-9-19/h5-6,12,16H,1-4,7-11H2. The Labute approximate surface area is 131 Å². The van der Waals surface area contributed by atoms with Gasteiger partial charge in [0.25, 0.3) is 0 Å². The molecule has 3 nitrogen and oxygen atoms in total. The van der Waals surface area contributed by atoms with Gasteiger partial charge in [-0.2, -0.15) is 0 Å². The van der Waals surface area contributed by atoms with Crippen molar-refractivity contribution in [2.24, 2.45) is 0 Å². The Morgan fingerprint density at radius 1 is 1.29 bits per heavy atom. The summed E-state index contributed by atoms with van der Waals surface area (Å²) in [6, 6.07) is 6.12. The Balaban J connectivity index is 1.65. The average Bonchev–Trinajstić information content (AvgIpc) is 2.51. The second-order valence-electron chi connectivity index (χ2n) is 5.89. The SMILES string of the molecule is O=C(C1Cc2ccc(OCCCCl)cc21)N1CCCCC1. The maximum Gasteiger partial charge on any atom is 0.230 e. The van der Waals surface area contributed by atoms with Crippen LogP contribution in [-0.2, 0) is 11.2 Å². The van der Waals surface area contributed by atoms with Crippen LogP contribution in [0.4, 0.5) is 0 Å². The van der Waals surface area contributed by atoms with Crippen LogP contribution in [0.25, 0.3) is 0 Å². The number of carbonyl (C=O) groups excluding carboxylic acids is 1. The molecule has 0 aromatic heterocycles. The molecule has 1 aliphatic heterocycles. The highest BCUT2D eigenvalue weighted by Gasteiger charge is 2.35. The summed E-state index contributed by atoms with van der Waals surface area (Å²) in [7, 11) is 0. The van der Waals surface area contributed by atoms with Gasteiger partial charge >= 0.3 is 0 Å². The van der Waals surface area contributed by atoms with Crippen LogP contribution in [0.3, 0.4) is 0 Å². The first-order chi connectivity index (χ1) is 10.3. The van der Waals surface area contributed by atoms with Crippen molar-refractivity contribution in [3.63, 3.8) is 0 Å². The molecule has 1 fully saturated rings. The van der Waals surface area contributed by atoms with Crippen LogP contribution in [0.1, 0.15) is 42.7 Å². The molecule has 0 saturated carbocycles. The van der Waals surface area contributed by atoms with Gasteiger partial charge in [-0.25, -0.2) is 0 Å². The largest absolute Gasteiger partial charge is 0.494 e. The van der Waals surface area contributed by atoms with E-state index in [2.05, 4.69) is 6.07 Å². The van der Waals surface area contributed by atoms with E-state index in [-0.39, 0.29) is 5.92 Å². The van der Waals surface area contributed by atoms with Crippen LogP contribution in [0.15, 0.2) is 18.2 Å². The van der Waals surface area contributed by atoms with Gasteiger partial charge in [-0.05, 0) is 55.4 Å². The van der Waals surface area contributed by atoms with E-state index < -0.39 is 0 Å². The van der Waals surface area contributed by atoms with Crippen molar-refractivity contribution in [3.8, 4) is 5.75 Å². The molecule has 1 aromatic rings. The van der Waals surface area contributed by atoms with Crippen molar-refractivity contribution in [2.75, 3.05) is 25.6 Å². The fourth-order valence-corrected chi connectivity index (χ4v) is 3.28. The first-order valence-corrected chi connectivity index (χ1v) is 8.43. The number of likely N-dealkylation sites (tertiary alicyclic amines) is 1. The van der Waals surface area contributed by atoms with Gasteiger partial charge in [0.2, 0.25) is 5.91 Å². The maximum absolute atomic E-state index is 12.6. The second kappa shape index (κ2) is 6.69. The molecule has 1 amide bonds. The summed E-state index contributed by atoms with van der Waals surface area (Å²) in [6.45, 7) is 2.49. The van der Waals surface area contributed by atoms with Crippen molar-refractivity contribution < 1.29 is 9.53 Å². The topological polar surface area (TPSA) is 29.5 Å². The zero-order chi connectivity index (χ0) is 14.7. The van der Waals surface area contributed by atoms with Crippen molar-refractivity contribution in [1.29, 1.82) is 0 Å². The highest BCUT2D eigenvalue weighted by Crippen LogP contribution is 2.39. The summed E-state index contributed by atoms with van der Waals surface area (Å²) < 4.78 is 5.68. The molecular formula is C17H22ClNO2.